The fraction of sp³-hybridized carbons (Fsp3) is 0.0333. The van der Waals surface area contributed by atoms with Crippen molar-refractivity contribution in [3.8, 4) is 17.0 Å². The van der Waals surface area contributed by atoms with Crippen LogP contribution in [0.5, 0.6) is 5.75 Å². The molecule has 5 rings (SSSR count). The van der Waals surface area contributed by atoms with Gasteiger partial charge in [-0.25, -0.2) is 10.4 Å². The molecule has 0 fully saturated rings. The number of aromatic nitrogens is 1. The summed E-state index contributed by atoms with van der Waals surface area (Å²) in [6, 6.07) is 34.7. The number of nitrogens with one attached hydrogen (secondary N) is 1. The summed E-state index contributed by atoms with van der Waals surface area (Å²) >= 11 is 3.44. The van der Waals surface area contributed by atoms with Crippen molar-refractivity contribution in [1.29, 1.82) is 0 Å². The van der Waals surface area contributed by atoms with Crippen molar-refractivity contribution >= 4 is 39.0 Å². The molecule has 176 valence electrons. The van der Waals surface area contributed by atoms with Crippen molar-refractivity contribution in [2.75, 3.05) is 0 Å². The molecule has 0 aliphatic rings. The first-order chi connectivity index (χ1) is 17.7. The van der Waals surface area contributed by atoms with E-state index in [1.54, 1.807) is 12.3 Å². The van der Waals surface area contributed by atoms with E-state index in [2.05, 4.69) is 26.5 Å². The van der Waals surface area contributed by atoms with Crippen LogP contribution >= 0.6 is 15.9 Å². The van der Waals surface area contributed by atoms with Crippen LogP contribution in [-0.4, -0.2) is 17.1 Å². The molecular weight excluding hydrogens is 514 g/mol. The molecule has 0 saturated heterocycles. The van der Waals surface area contributed by atoms with Crippen LogP contribution in [0.1, 0.15) is 21.5 Å². The quantitative estimate of drug-likeness (QED) is 0.180. The number of hydrogen-bond donors (Lipinski definition) is 1. The number of hydrazone groups is 1. The van der Waals surface area contributed by atoms with Crippen LogP contribution in [0, 0.1) is 0 Å². The highest BCUT2D eigenvalue weighted by Gasteiger charge is 2.13. The predicted molar refractivity (Wildman–Crippen MR) is 147 cm³/mol. The maximum atomic E-state index is 13.2. The Balaban J connectivity index is 1.35. The summed E-state index contributed by atoms with van der Waals surface area (Å²) < 4.78 is 7.02. The van der Waals surface area contributed by atoms with Gasteiger partial charge in [0.25, 0.3) is 5.91 Å². The molecule has 1 N–H and O–H groups in total. The Morgan fingerprint density at radius 1 is 0.889 bits per heavy atom. The van der Waals surface area contributed by atoms with Crippen LogP contribution in [0.3, 0.4) is 0 Å². The second kappa shape index (κ2) is 11.0. The third-order valence-corrected chi connectivity index (χ3v) is 6.16. The largest absolute Gasteiger partial charge is 0.488 e. The number of carbonyl (C=O) groups is 1. The van der Waals surface area contributed by atoms with Gasteiger partial charge in [-0.15, -0.1) is 0 Å². The lowest BCUT2D eigenvalue weighted by atomic mass is 10.0. The number of fused-ring (bicyclic) bond motifs is 1. The first kappa shape index (κ1) is 23.5. The molecule has 0 radical (unpaired) electrons. The van der Waals surface area contributed by atoms with Gasteiger partial charge in [0.2, 0.25) is 0 Å². The van der Waals surface area contributed by atoms with Crippen LogP contribution in [0.2, 0.25) is 0 Å². The van der Waals surface area contributed by atoms with Crippen LogP contribution < -0.4 is 10.2 Å². The lowest BCUT2D eigenvalue weighted by Gasteiger charge is -2.10. The van der Waals surface area contributed by atoms with Crippen molar-refractivity contribution in [2.24, 2.45) is 5.10 Å². The Labute approximate surface area is 217 Å². The topological polar surface area (TPSA) is 63.6 Å². The van der Waals surface area contributed by atoms with Gasteiger partial charge in [-0.3, -0.25) is 4.79 Å². The summed E-state index contributed by atoms with van der Waals surface area (Å²) in [5.74, 6) is 0.370. The minimum atomic E-state index is -0.310. The maximum absolute atomic E-state index is 13.2. The highest BCUT2D eigenvalue weighted by Crippen LogP contribution is 2.25. The molecule has 6 heteroatoms. The molecular formula is C30H22BrN3O2. The molecule has 0 spiro atoms. The second-order valence-electron chi connectivity index (χ2n) is 8.09. The maximum Gasteiger partial charge on any atom is 0.272 e. The summed E-state index contributed by atoms with van der Waals surface area (Å²) in [6.45, 7) is 0.426. The van der Waals surface area contributed by atoms with Gasteiger partial charge in [-0.1, -0.05) is 88.7 Å². The average molecular weight is 536 g/mol. The van der Waals surface area contributed by atoms with E-state index in [9.17, 15) is 4.79 Å². The Bertz CT molecular complexity index is 1530. The first-order valence-corrected chi connectivity index (χ1v) is 12.2. The molecule has 4 aromatic carbocycles. The molecule has 1 aromatic heterocycles. The number of amides is 1. The Hall–Kier alpha value is -4.29. The number of pyridine rings is 1. The average Bonchev–Trinajstić information content (AvgIpc) is 2.93. The second-order valence-corrected chi connectivity index (χ2v) is 9.01. The molecule has 36 heavy (non-hydrogen) atoms. The summed E-state index contributed by atoms with van der Waals surface area (Å²) in [5.41, 5.74) is 7.42. The van der Waals surface area contributed by atoms with E-state index < -0.39 is 0 Å². The van der Waals surface area contributed by atoms with Gasteiger partial charge < -0.3 is 4.74 Å². The SMILES string of the molecule is O=C(N/N=C/c1ccccc1OCc1ccc(Br)cc1)c1cc(-c2ccccc2)nc2ccccc12. The monoisotopic (exact) mass is 535 g/mol. The third-order valence-electron chi connectivity index (χ3n) is 5.63. The van der Waals surface area contributed by atoms with Crippen molar-refractivity contribution in [1.82, 2.24) is 10.4 Å². The number of halogens is 1. The molecule has 0 saturated carbocycles. The van der Waals surface area contributed by atoms with E-state index in [0.717, 1.165) is 37.8 Å². The summed E-state index contributed by atoms with van der Waals surface area (Å²) in [4.78, 5) is 17.9. The number of benzene rings is 4. The molecule has 0 atom stereocenters. The first-order valence-electron chi connectivity index (χ1n) is 11.4. The Morgan fingerprint density at radius 2 is 1.61 bits per heavy atom. The molecule has 0 unspecified atom stereocenters. The van der Waals surface area contributed by atoms with E-state index in [4.69, 9.17) is 9.72 Å². The molecule has 5 aromatic rings. The van der Waals surface area contributed by atoms with Gasteiger partial charge in [0, 0.05) is 21.0 Å². The van der Waals surface area contributed by atoms with E-state index in [1.165, 1.54) is 0 Å². The third kappa shape index (κ3) is 5.50. The van der Waals surface area contributed by atoms with Crippen LogP contribution in [0.25, 0.3) is 22.2 Å². The van der Waals surface area contributed by atoms with Crippen LogP contribution in [0.15, 0.2) is 119 Å². The smallest absolute Gasteiger partial charge is 0.272 e. The zero-order valence-corrected chi connectivity index (χ0v) is 20.9. The Kier molecular flexibility index (Phi) is 7.15. The number of para-hydroxylation sites is 2. The Morgan fingerprint density at radius 3 is 2.44 bits per heavy atom. The zero-order chi connectivity index (χ0) is 24.7. The van der Waals surface area contributed by atoms with Crippen molar-refractivity contribution in [3.05, 3.63) is 130 Å². The molecule has 5 nitrogen and oxygen atoms in total. The number of nitrogens with zero attached hydrogens (tertiary/aromatic N) is 2. The molecule has 0 bridgehead atoms. The summed E-state index contributed by atoms with van der Waals surface area (Å²) in [7, 11) is 0. The number of ether oxygens (including phenoxy) is 1. The lowest BCUT2D eigenvalue weighted by molar-refractivity contribution is 0.0956. The lowest BCUT2D eigenvalue weighted by Crippen LogP contribution is -2.18. The highest BCUT2D eigenvalue weighted by molar-refractivity contribution is 9.10. The molecule has 0 aliphatic carbocycles. The van der Waals surface area contributed by atoms with Gasteiger partial charge in [0.1, 0.15) is 12.4 Å². The van der Waals surface area contributed by atoms with Gasteiger partial charge in [-0.05, 0) is 42.0 Å². The fourth-order valence-electron chi connectivity index (χ4n) is 3.80. The standard InChI is InChI=1S/C30H22BrN3O2/c31-24-16-14-21(15-17-24)20-36-29-13-7-4-10-23(29)19-32-34-30(35)26-18-28(22-8-2-1-3-9-22)33-27-12-6-5-11-25(26)27/h1-19H,20H2,(H,34,35)/b32-19+. The normalized spacial score (nSPS) is 11.0. The van der Waals surface area contributed by atoms with Gasteiger partial charge in [-0.2, -0.15) is 5.10 Å². The van der Waals surface area contributed by atoms with Crippen LogP contribution in [-0.2, 0) is 6.61 Å². The van der Waals surface area contributed by atoms with Crippen molar-refractivity contribution in [3.63, 3.8) is 0 Å². The van der Waals surface area contributed by atoms with Gasteiger partial charge in [0.05, 0.1) is 23.0 Å². The zero-order valence-electron chi connectivity index (χ0n) is 19.3. The van der Waals surface area contributed by atoms with E-state index in [1.807, 2.05) is 103 Å². The van der Waals surface area contributed by atoms with E-state index >= 15 is 0 Å². The molecule has 1 amide bonds. The van der Waals surface area contributed by atoms with Gasteiger partial charge in [0.15, 0.2) is 0 Å². The predicted octanol–water partition coefficient (Wildman–Crippen LogP) is 7.01. The minimum absolute atomic E-state index is 0.310. The molecule has 1 heterocycles. The van der Waals surface area contributed by atoms with E-state index in [-0.39, 0.29) is 5.91 Å². The number of rotatable bonds is 7. The van der Waals surface area contributed by atoms with Crippen molar-refractivity contribution in [2.45, 2.75) is 6.61 Å². The minimum Gasteiger partial charge on any atom is -0.488 e. The van der Waals surface area contributed by atoms with E-state index in [0.29, 0.717) is 17.9 Å². The highest BCUT2D eigenvalue weighted by atomic mass is 79.9. The molecule has 0 aliphatic heterocycles. The van der Waals surface area contributed by atoms with Gasteiger partial charge >= 0.3 is 0 Å². The number of carbonyl (C=O) groups excluding carboxylic acids is 1. The summed E-state index contributed by atoms with van der Waals surface area (Å²) in [5, 5.41) is 4.99. The van der Waals surface area contributed by atoms with Crippen LogP contribution in [0.4, 0.5) is 0 Å². The fourth-order valence-corrected chi connectivity index (χ4v) is 4.07. The van der Waals surface area contributed by atoms with Crippen molar-refractivity contribution < 1.29 is 9.53 Å². The number of hydrogen-bond acceptors (Lipinski definition) is 4. The summed E-state index contributed by atoms with van der Waals surface area (Å²) in [6.07, 6.45) is 1.59.